The number of hydrogen-bond acceptors (Lipinski definition) is 3. The Morgan fingerprint density at radius 3 is 2.73 bits per heavy atom. The van der Waals surface area contributed by atoms with Crippen molar-refractivity contribution in [2.45, 2.75) is 18.8 Å². The van der Waals surface area contributed by atoms with Gasteiger partial charge in [0.1, 0.15) is 4.60 Å². The van der Waals surface area contributed by atoms with E-state index in [-0.39, 0.29) is 0 Å². The van der Waals surface area contributed by atoms with Gasteiger partial charge in [-0.2, -0.15) is 5.10 Å². The monoisotopic (exact) mass is 264 g/mol. The zero-order valence-corrected chi connectivity index (χ0v) is 9.55. The van der Waals surface area contributed by atoms with Crippen LogP contribution in [0.4, 0.5) is 0 Å². The molecule has 1 aliphatic rings. The predicted molar refractivity (Wildman–Crippen MR) is 58.8 cm³/mol. The molecule has 0 atom stereocenters. The van der Waals surface area contributed by atoms with E-state index in [0.29, 0.717) is 0 Å². The van der Waals surface area contributed by atoms with E-state index >= 15 is 0 Å². The lowest BCUT2D eigenvalue weighted by atomic mass is 10.2. The fraction of sp³-hybridized carbons (Fsp3) is 0.300. The van der Waals surface area contributed by atoms with Gasteiger partial charge in [0.15, 0.2) is 5.82 Å². The van der Waals surface area contributed by atoms with Gasteiger partial charge in [-0.1, -0.05) is 0 Å². The molecule has 3 rings (SSSR count). The minimum atomic E-state index is 0.724. The summed E-state index contributed by atoms with van der Waals surface area (Å²) in [7, 11) is 0. The lowest BCUT2D eigenvalue weighted by Gasteiger charge is -1.98. The molecule has 1 saturated carbocycles. The van der Waals surface area contributed by atoms with Gasteiger partial charge in [0.25, 0.3) is 0 Å². The topological polar surface area (TPSA) is 43.6 Å². The van der Waals surface area contributed by atoms with Crippen molar-refractivity contribution in [3.05, 3.63) is 35.0 Å². The second-order valence-electron chi connectivity index (χ2n) is 3.69. The first kappa shape index (κ1) is 9.03. The molecule has 5 heteroatoms. The highest BCUT2D eigenvalue weighted by Crippen LogP contribution is 2.39. The summed E-state index contributed by atoms with van der Waals surface area (Å²) >= 11 is 3.25. The Balaban J connectivity index is 1.93. The molecule has 0 N–H and O–H groups in total. The molecule has 0 unspecified atom stereocenters. The maximum atomic E-state index is 4.28. The third-order valence-electron chi connectivity index (χ3n) is 2.49. The summed E-state index contributed by atoms with van der Waals surface area (Å²) in [5.41, 5.74) is 1.31. The summed E-state index contributed by atoms with van der Waals surface area (Å²) in [6.07, 6.45) is 9.91. The van der Waals surface area contributed by atoms with E-state index in [1.807, 2.05) is 12.4 Å². The largest absolute Gasteiger partial charge is 0.244 e. The first-order valence-corrected chi connectivity index (χ1v) is 5.65. The number of halogens is 1. The molecule has 0 spiro atoms. The van der Waals surface area contributed by atoms with Crippen molar-refractivity contribution in [1.82, 2.24) is 19.7 Å². The van der Waals surface area contributed by atoms with Crippen LogP contribution in [0.5, 0.6) is 0 Å². The summed E-state index contributed by atoms with van der Waals surface area (Å²) in [5, 5.41) is 4.28. The third kappa shape index (κ3) is 1.79. The molecule has 0 radical (unpaired) electrons. The highest BCUT2D eigenvalue weighted by molar-refractivity contribution is 9.10. The van der Waals surface area contributed by atoms with Crippen molar-refractivity contribution in [2.75, 3.05) is 0 Å². The molecule has 4 nitrogen and oxygen atoms in total. The Morgan fingerprint density at radius 2 is 2.07 bits per heavy atom. The zero-order valence-electron chi connectivity index (χ0n) is 7.97. The Bertz CT molecular complexity index is 472. The van der Waals surface area contributed by atoms with E-state index in [1.54, 1.807) is 17.1 Å². The third-order valence-corrected chi connectivity index (χ3v) is 2.90. The Morgan fingerprint density at radius 1 is 1.20 bits per heavy atom. The zero-order chi connectivity index (χ0) is 10.3. The summed E-state index contributed by atoms with van der Waals surface area (Å²) in [6, 6.07) is 0. The molecule has 2 aromatic rings. The maximum Gasteiger partial charge on any atom is 0.171 e. The van der Waals surface area contributed by atoms with Gasteiger partial charge in [0, 0.05) is 6.20 Å². The molecular weight excluding hydrogens is 256 g/mol. The van der Waals surface area contributed by atoms with E-state index in [9.17, 15) is 0 Å². The van der Waals surface area contributed by atoms with E-state index in [4.69, 9.17) is 0 Å². The first-order chi connectivity index (χ1) is 7.33. The van der Waals surface area contributed by atoms with Gasteiger partial charge in [-0.05, 0) is 40.3 Å². The molecule has 15 heavy (non-hydrogen) atoms. The normalized spacial score (nSPS) is 15.5. The highest BCUT2D eigenvalue weighted by atomic mass is 79.9. The summed E-state index contributed by atoms with van der Waals surface area (Å²) < 4.78 is 2.51. The average Bonchev–Trinajstić information content (AvgIpc) is 2.99. The maximum absolute atomic E-state index is 4.28. The van der Waals surface area contributed by atoms with Crippen molar-refractivity contribution in [3.8, 4) is 5.82 Å². The molecule has 2 heterocycles. The Hall–Kier alpha value is -1.23. The summed E-state index contributed by atoms with van der Waals surface area (Å²) in [6.45, 7) is 0. The van der Waals surface area contributed by atoms with Crippen LogP contribution >= 0.6 is 15.9 Å². The molecule has 1 aliphatic carbocycles. The second-order valence-corrected chi connectivity index (χ2v) is 4.50. The molecule has 0 bridgehead atoms. The van der Waals surface area contributed by atoms with Crippen LogP contribution in [-0.2, 0) is 0 Å². The van der Waals surface area contributed by atoms with Crippen LogP contribution in [0.15, 0.2) is 29.4 Å². The molecule has 0 aromatic carbocycles. The smallest absolute Gasteiger partial charge is 0.171 e. The number of nitrogens with zero attached hydrogens (tertiary/aromatic N) is 4. The van der Waals surface area contributed by atoms with Crippen molar-refractivity contribution in [3.63, 3.8) is 0 Å². The van der Waals surface area contributed by atoms with E-state index < -0.39 is 0 Å². The predicted octanol–water partition coefficient (Wildman–Crippen LogP) is 2.30. The SMILES string of the molecule is Brc1cnc(-n2cc(C3CC3)cn2)cn1. The van der Waals surface area contributed by atoms with Crippen LogP contribution in [0.1, 0.15) is 24.3 Å². The average molecular weight is 265 g/mol. The van der Waals surface area contributed by atoms with Crippen molar-refractivity contribution in [1.29, 1.82) is 0 Å². The molecular formula is C10H9BrN4. The van der Waals surface area contributed by atoms with Crippen LogP contribution in [0.2, 0.25) is 0 Å². The minimum absolute atomic E-state index is 0.724. The molecule has 0 saturated heterocycles. The van der Waals surface area contributed by atoms with Gasteiger partial charge in [-0.25, -0.2) is 14.6 Å². The van der Waals surface area contributed by atoms with Crippen LogP contribution < -0.4 is 0 Å². The van der Waals surface area contributed by atoms with Crippen LogP contribution in [0.3, 0.4) is 0 Å². The summed E-state index contributed by atoms with van der Waals surface area (Å²) in [5.74, 6) is 1.48. The summed E-state index contributed by atoms with van der Waals surface area (Å²) in [4.78, 5) is 8.35. The molecule has 76 valence electrons. The van der Waals surface area contributed by atoms with Gasteiger partial charge in [-0.3, -0.25) is 0 Å². The molecule has 1 fully saturated rings. The fourth-order valence-electron chi connectivity index (χ4n) is 1.51. The van der Waals surface area contributed by atoms with E-state index in [2.05, 4.69) is 31.0 Å². The molecule has 0 amide bonds. The highest BCUT2D eigenvalue weighted by Gasteiger charge is 2.24. The Labute approximate surface area is 95.5 Å². The quantitative estimate of drug-likeness (QED) is 0.836. The number of rotatable bonds is 2. The molecule has 0 aliphatic heterocycles. The van der Waals surface area contributed by atoms with Gasteiger partial charge >= 0.3 is 0 Å². The van der Waals surface area contributed by atoms with Crippen LogP contribution in [0, 0.1) is 0 Å². The standard InChI is InChI=1S/C10H9BrN4/c11-9-4-13-10(5-12-9)15-6-8(3-14-15)7-1-2-7/h3-7H,1-2H2. The fourth-order valence-corrected chi connectivity index (χ4v) is 1.72. The van der Waals surface area contributed by atoms with E-state index in [0.717, 1.165) is 16.3 Å². The number of hydrogen-bond donors (Lipinski definition) is 0. The van der Waals surface area contributed by atoms with Crippen molar-refractivity contribution >= 4 is 15.9 Å². The van der Waals surface area contributed by atoms with Crippen molar-refractivity contribution in [2.24, 2.45) is 0 Å². The van der Waals surface area contributed by atoms with Crippen LogP contribution in [0.25, 0.3) is 5.82 Å². The second kappa shape index (κ2) is 3.41. The van der Waals surface area contributed by atoms with Crippen LogP contribution in [-0.4, -0.2) is 19.7 Å². The van der Waals surface area contributed by atoms with Crippen molar-refractivity contribution < 1.29 is 0 Å². The van der Waals surface area contributed by atoms with Gasteiger partial charge in [0.05, 0.1) is 18.6 Å². The van der Waals surface area contributed by atoms with Gasteiger partial charge < -0.3 is 0 Å². The Kier molecular flexibility index (Phi) is 2.05. The lowest BCUT2D eigenvalue weighted by Crippen LogP contribution is -1.98. The first-order valence-electron chi connectivity index (χ1n) is 4.85. The van der Waals surface area contributed by atoms with Gasteiger partial charge in [-0.15, -0.1) is 0 Å². The lowest BCUT2D eigenvalue weighted by molar-refractivity contribution is 0.834. The minimum Gasteiger partial charge on any atom is -0.244 e. The van der Waals surface area contributed by atoms with Gasteiger partial charge in [0.2, 0.25) is 0 Å². The number of aromatic nitrogens is 4. The van der Waals surface area contributed by atoms with E-state index in [1.165, 1.54) is 18.4 Å². The molecule has 2 aromatic heterocycles.